The summed E-state index contributed by atoms with van der Waals surface area (Å²) in [5, 5.41) is 3.08. The van der Waals surface area contributed by atoms with Crippen LogP contribution in [0.2, 0.25) is 0 Å². The summed E-state index contributed by atoms with van der Waals surface area (Å²) >= 11 is 0. The lowest BCUT2D eigenvalue weighted by Crippen LogP contribution is -2.44. The maximum absolute atomic E-state index is 12.7. The van der Waals surface area contributed by atoms with Gasteiger partial charge in [-0.25, -0.2) is 0 Å². The number of benzene rings is 1. The summed E-state index contributed by atoms with van der Waals surface area (Å²) in [6.07, 6.45) is 1.40. The van der Waals surface area contributed by atoms with Crippen molar-refractivity contribution in [3.63, 3.8) is 0 Å². The SMILES string of the molecule is COc1ccc(OC)c(C(C)NC(=O)C2CCN(C(=O)C(C)C)CC2)c1. The molecule has 1 atom stereocenters. The quantitative estimate of drug-likeness (QED) is 0.845. The van der Waals surface area contributed by atoms with Gasteiger partial charge in [-0.15, -0.1) is 0 Å². The Bertz CT molecular complexity index is 637. The second-order valence-corrected chi connectivity index (χ2v) is 7.09. The number of methoxy groups -OCH3 is 2. The highest BCUT2D eigenvalue weighted by molar-refractivity contribution is 5.81. The molecule has 6 heteroatoms. The topological polar surface area (TPSA) is 67.9 Å². The molecule has 0 aliphatic carbocycles. The number of nitrogens with zero attached hydrogens (tertiary/aromatic N) is 1. The van der Waals surface area contributed by atoms with Gasteiger partial charge in [-0.2, -0.15) is 0 Å². The molecule has 0 aromatic heterocycles. The molecule has 6 nitrogen and oxygen atoms in total. The monoisotopic (exact) mass is 362 g/mol. The molecule has 0 bridgehead atoms. The van der Waals surface area contributed by atoms with E-state index >= 15 is 0 Å². The van der Waals surface area contributed by atoms with Crippen molar-refractivity contribution in [1.29, 1.82) is 0 Å². The zero-order chi connectivity index (χ0) is 19.3. The van der Waals surface area contributed by atoms with E-state index in [9.17, 15) is 9.59 Å². The molecule has 0 saturated carbocycles. The van der Waals surface area contributed by atoms with E-state index in [1.54, 1.807) is 14.2 Å². The summed E-state index contributed by atoms with van der Waals surface area (Å²) in [5.74, 6) is 1.57. The zero-order valence-electron chi connectivity index (χ0n) is 16.4. The normalized spacial score (nSPS) is 16.3. The van der Waals surface area contributed by atoms with Gasteiger partial charge in [-0.1, -0.05) is 13.8 Å². The standard InChI is InChI=1S/C20H30N2O4/c1-13(2)20(24)22-10-8-15(9-11-22)19(23)21-14(3)17-12-16(25-4)6-7-18(17)26-5/h6-7,12-15H,8-11H2,1-5H3,(H,21,23). The molecule has 1 aliphatic heterocycles. The van der Waals surface area contributed by atoms with Crippen molar-refractivity contribution in [3.8, 4) is 11.5 Å². The number of amides is 2. The zero-order valence-corrected chi connectivity index (χ0v) is 16.4. The van der Waals surface area contributed by atoms with Crippen molar-refractivity contribution in [2.24, 2.45) is 11.8 Å². The third-order valence-corrected chi connectivity index (χ3v) is 4.93. The fourth-order valence-corrected chi connectivity index (χ4v) is 3.31. The van der Waals surface area contributed by atoms with Crippen LogP contribution in [-0.4, -0.2) is 44.0 Å². The van der Waals surface area contributed by atoms with Crippen molar-refractivity contribution in [2.75, 3.05) is 27.3 Å². The van der Waals surface area contributed by atoms with Crippen LogP contribution >= 0.6 is 0 Å². The number of ether oxygens (including phenoxy) is 2. The van der Waals surface area contributed by atoms with Crippen LogP contribution in [0.25, 0.3) is 0 Å². The molecule has 1 aromatic carbocycles. The molecule has 0 spiro atoms. The van der Waals surface area contributed by atoms with Crippen molar-refractivity contribution in [1.82, 2.24) is 10.2 Å². The van der Waals surface area contributed by atoms with Gasteiger partial charge in [-0.3, -0.25) is 9.59 Å². The summed E-state index contributed by atoms with van der Waals surface area (Å²) in [4.78, 5) is 26.6. The van der Waals surface area contributed by atoms with Crippen molar-refractivity contribution < 1.29 is 19.1 Å². The second kappa shape index (κ2) is 8.92. The number of carbonyl (C=O) groups is 2. The van der Waals surface area contributed by atoms with Gasteiger partial charge in [0, 0.05) is 30.5 Å². The number of rotatable bonds is 6. The second-order valence-electron chi connectivity index (χ2n) is 7.09. The van der Waals surface area contributed by atoms with Crippen LogP contribution in [0.15, 0.2) is 18.2 Å². The molecule has 1 aromatic rings. The van der Waals surface area contributed by atoms with E-state index in [0.29, 0.717) is 25.9 Å². The van der Waals surface area contributed by atoms with E-state index in [-0.39, 0.29) is 29.7 Å². The number of carbonyl (C=O) groups excluding carboxylic acids is 2. The third-order valence-electron chi connectivity index (χ3n) is 4.93. The lowest BCUT2D eigenvalue weighted by Gasteiger charge is -2.33. The van der Waals surface area contributed by atoms with Crippen LogP contribution in [0.3, 0.4) is 0 Å². The van der Waals surface area contributed by atoms with Crippen LogP contribution in [0.5, 0.6) is 11.5 Å². The molecule has 26 heavy (non-hydrogen) atoms. The highest BCUT2D eigenvalue weighted by atomic mass is 16.5. The first-order chi connectivity index (χ1) is 12.4. The van der Waals surface area contributed by atoms with Crippen LogP contribution in [0.4, 0.5) is 0 Å². The molecule has 144 valence electrons. The molecule has 1 heterocycles. The minimum absolute atomic E-state index is 0.000856. The average Bonchev–Trinajstić information content (AvgIpc) is 2.66. The number of hydrogen-bond donors (Lipinski definition) is 1. The Morgan fingerprint density at radius 1 is 1.12 bits per heavy atom. The average molecular weight is 362 g/mol. The highest BCUT2D eigenvalue weighted by Crippen LogP contribution is 2.30. The van der Waals surface area contributed by atoms with Crippen LogP contribution in [0, 0.1) is 11.8 Å². The van der Waals surface area contributed by atoms with Gasteiger partial charge in [0.25, 0.3) is 0 Å². The molecule has 1 saturated heterocycles. The Morgan fingerprint density at radius 3 is 2.31 bits per heavy atom. The first-order valence-corrected chi connectivity index (χ1v) is 9.18. The molecular formula is C20H30N2O4. The molecule has 0 radical (unpaired) electrons. The number of nitrogens with one attached hydrogen (secondary N) is 1. The van der Waals surface area contributed by atoms with E-state index in [4.69, 9.17) is 9.47 Å². The van der Waals surface area contributed by atoms with Gasteiger partial charge in [0.05, 0.1) is 20.3 Å². The van der Waals surface area contributed by atoms with E-state index in [2.05, 4.69) is 5.32 Å². The lowest BCUT2D eigenvalue weighted by atomic mass is 9.94. The van der Waals surface area contributed by atoms with Crippen molar-refractivity contribution >= 4 is 11.8 Å². The Morgan fingerprint density at radius 2 is 1.77 bits per heavy atom. The molecule has 1 aliphatic rings. The van der Waals surface area contributed by atoms with E-state index in [0.717, 1.165) is 17.1 Å². The Hall–Kier alpha value is -2.24. The summed E-state index contributed by atoms with van der Waals surface area (Å²) in [6, 6.07) is 5.36. The van der Waals surface area contributed by atoms with Gasteiger partial charge < -0.3 is 19.7 Å². The molecule has 1 fully saturated rings. The van der Waals surface area contributed by atoms with E-state index in [1.165, 1.54) is 0 Å². The Labute approximate surface area is 155 Å². The van der Waals surface area contributed by atoms with Gasteiger partial charge in [-0.05, 0) is 38.0 Å². The summed E-state index contributed by atoms with van der Waals surface area (Å²) < 4.78 is 10.7. The largest absolute Gasteiger partial charge is 0.497 e. The van der Waals surface area contributed by atoms with Gasteiger partial charge in [0.1, 0.15) is 11.5 Å². The summed E-state index contributed by atoms with van der Waals surface area (Å²) in [5.41, 5.74) is 0.882. The maximum Gasteiger partial charge on any atom is 0.225 e. The Kier molecular flexibility index (Phi) is 6.89. The van der Waals surface area contributed by atoms with Crippen LogP contribution in [-0.2, 0) is 9.59 Å². The van der Waals surface area contributed by atoms with Crippen molar-refractivity contribution in [3.05, 3.63) is 23.8 Å². The molecule has 2 rings (SSSR count). The van der Waals surface area contributed by atoms with E-state index in [1.807, 2.05) is 43.9 Å². The summed E-state index contributed by atoms with van der Waals surface area (Å²) in [7, 11) is 3.22. The van der Waals surface area contributed by atoms with Crippen molar-refractivity contribution in [2.45, 2.75) is 39.7 Å². The highest BCUT2D eigenvalue weighted by Gasteiger charge is 2.29. The minimum Gasteiger partial charge on any atom is -0.497 e. The first kappa shape index (κ1) is 20.1. The van der Waals surface area contributed by atoms with Gasteiger partial charge in [0.2, 0.25) is 11.8 Å². The maximum atomic E-state index is 12.7. The fourth-order valence-electron chi connectivity index (χ4n) is 3.31. The van der Waals surface area contributed by atoms with E-state index < -0.39 is 0 Å². The predicted octanol–water partition coefficient (Wildman–Crippen LogP) is 2.78. The van der Waals surface area contributed by atoms with Crippen LogP contribution in [0.1, 0.15) is 45.2 Å². The smallest absolute Gasteiger partial charge is 0.225 e. The van der Waals surface area contributed by atoms with Gasteiger partial charge >= 0.3 is 0 Å². The number of piperidine rings is 1. The van der Waals surface area contributed by atoms with Crippen LogP contribution < -0.4 is 14.8 Å². The Balaban J connectivity index is 1.97. The molecule has 2 amide bonds. The number of likely N-dealkylation sites (tertiary alicyclic amines) is 1. The minimum atomic E-state index is -0.192. The number of hydrogen-bond acceptors (Lipinski definition) is 4. The van der Waals surface area contributed by atoms with Gasteiger partial charge in [0.15, 0.2) is 0 Å². The summed E-state index contributed by atoms with van der Waals surface area (Å²) in [6.45, 7) is 7.04. The first-order valence-electron chi connectivity index (χ1n) is 9.18. The predicted molar refractivity (Wildman–Crippen MR) is 100 cm³/mol. The molecular weight excluding hydrogens is 332 g/mol. The third kappa shape index (κ3) is 4.68. The molecule has 1 unspecified atom stereocenters. The fraction of sp³-hybridized carbons (Fsp3) is 0.600. The molecule has 1 N–H and O–H groups in total. The lowest BCUT2D eigenvalue weighted by molar-refractivity contribution is -0.138.